The maximum Gasteiger partial charge on any atom is 0.332 e. The molecule has 0 radical (unpaired) electrons. The second-order valence-corrected chi connectivity index (χ2v) is 5.28. The van der Waals surface area contributed by atoms with Crippen LogP contribution in [0, 0.1) is 0 Å². The molecule has 8 nitrogen and oxygen atoms in total. The fourth-order valence-corrected chi connectivity index (χ4v) is 2.38. The molecule has 1 aromatic rings. The lowest BCUT2D eigenvalue weighted by Gasteiger charge is -2.32. The Morgan fingerprint density at radius 2 is 2.00 bits per heavy atom. The molecule has 0 aromatic carbocycles. The Bertz CT molecular complexity index is 676. The third kappa shape index (κ3) is 2.77. The van der Waals surface area contributed by atoms with Gasteiger partial charge in [0.2, 0.25) is 0 Å². The molecule has 0 unspecified atom stereocenters. The van der Waals surface area contributed by atoms with Gasteiger partial charge in [0.15, 0.2) is 5.78 Å². The van der Waals surface area contributed by atoms with Gasteiger partial charge in [-0.05, 0) is 6.92 Å². The largest absolute Gasteiger partial charge is 0.384 e. The highest BCUT2D eigenvalue weighted by molar-refractivity contribution is 6.01. The van der Waals surface area contributed by atoms with E-state index < -0.39 is 11.2 Å². The number of hydrogen-bond acceptors (Lipinski definition) is 6. The topological polar surface area (TPSA) is 99.6 Å². The molecule has 2 rings (SSSR count). The minimum absolute atomic E-state index is 0.0855. The van der Waals surface area contributed by atoms with Crippen molar-refractivity contribution < 1.29 is 9.53 Å². The second kappa shape index (κ2) is 5.82. The Hall–Kier alpha value is -1.93. The lowest BCUT2D eigenvalue weighted by Crippen LogP contribution is -2.48. The molecule has 0 amide bonds. The molecule has 1 aromatic heterocycles. The fraction of sp³-hybridized carbons (Fsp3) is 0.615. The van der Waals surface area contributed by atoms with Gasteiger partial charge < -0.3 is 10.5 Å². The molecule has 1 fully saturated rings. The number of Topliss-reactive ketones (excluding diaryl/α,β-unsaturated/α-hetero) is 1. The van der Waals surface area contributed by atoms with Crippen LogP contribution in [0.5, 0.6) is 0 Å². The Balaban J connectivity index is 2.36. The third-order valence-electron chi connectivity index (χ3n) is 3.84. The molecule has 1 atom stereocenters. The van der Waals surface area contributed by atoms with E-state index in [0.29, 0.717) is 19.8 Å². The normalized spacial score (nSPS) is 19.7. The SMILES string of the molecule is C[C@@H]1COCCN1CC(=O)c1c(N)n(C)c(=O)n(C)c1=O. The van der Waals surface area contributed by atoms with E-state index in [1.807, 2.05) is 11.8 Å². The molecule has 21 heavy (non-hydrogen) atoms. The lowest BCUT2D eigenvalue weighted by atomic mass is 10.1. The number of nitrogens with zero attached hydrogens (tertiary/aromatic N) is 3. The van der Waals surface area contributed by atoms with Crippen LogP contribution in [0.1, 0.15) is 17.3 Å². The van der Waals surface area contributed by atoms with Crippen LogP contribution in [-0.2, 0) is 18.8 Å². The van der Waals surface area contributed by atoms with E-state index in [4.69, 9.17) is 10.5 Å². The van der Waals surface area contributed by atoms with Gasteiger partial charge in [0.1, 0.15) is 11.4 Å². The number of nitrogens with two attached hydrogens (primary N) is 1. The van der Waals surface area contributed by atoms with Gasteiger partial charge in [-0.25, -0.2) is 4.79 Å². The first kappa shape index (κ1) is 15.5. The standard InChI is InChI=1S/C13H20N4O4/c1-8-7-21-5-4-17(8)6-9(18)10-11(14)15(2)13(20)16(3)12(10)19/h8H,4-7,14H2,1-3H3/t8-/m1/s1. The molecule has 8 heteroatoms. The summed E-state index contributed by atoms with van der Waals surface area (Å²) < 4.78 is 7.32. The number of ketones is 1. The highest BCUT2D eigenvalue weighted by Crippen LogP contribution is 2.10. The maximum atomic E-state index is 12.4. The highest BCUT2D eigenvalue weighted by Gasteiger charge is 2.25. The molecule has 116 valence electrons. The third-order valence-corrected chi connectivity index (χ3v) is 3.84. The van der Waals surface area contributed by atoms with E-state index in [1.165, 1.54) is 14.1 Å². The average Bonchev–Trinajstić information content (AvgIpc) is 2.46. The van der Waals surface area contributed by atoms with E-state index >= 15 is 0 Å². The fourth-order valence-electron chi connectivity index (χ4n) is 2.38. The molecule has 2 N–H and O–H groups in total. The monoisotopic (exact) mass is 296 g/mol. The predicted molar refractivity (Wildman–Crippen MR) is 77.5 cm³/mol. The van der Waals surface area contributed by atoms with E-state index in [0.717, 1.165) is 9.13 Å². The van der Waals surface area contributed by atoms with Gasteiger partial charge in [-0.1, -0.05) is 0 Å². The van der Waals surface area contributed by atoms with Crippen molar-refractivity contribution >= 4 is 11.6 Å². The number of aromatic nitrogens is 2. The van der Waals surface area contributed by atoms with Crippen LogP contribution in [0.4, 0.5) is 5.82 Å². The summed E-state index contributed by atoms with van der Waals surface area (Å²) in [7, 11) is 2.77. The van der Waals surface area contributed by atoms with Gasteiger partial charge >= 0.3 is 5.69 Å². The molecular weight excluding hydrogens is 276 g/mol. The number of nitrogen functional groups attached to an aromatic ring is 1. The first-order valence-corrected chi connectivity index (χ1v) is 6.75. The second-order valence-electron chi connectivity index (χ2n) is 5.28. The Morgan fingerprint density at radius 1 is 1.33 bits per heavy atom. The molecular formula is C13H20N4O4. The molecule has 2 heterocycles. The first-order valence-electron chi connectivity index (χ1n) is 6.75. The van der Waals surface area contributed by atoms with Gasteiger partial charge in [-0.2, -0.15) is 0 Å². The summed E-state index contributed by atoms with van der Waals surface area (Å²) in [6, 6.07) is 0.0975. The summed E-state index contributed by atoms with van der Waals surface area (Å²) in [5.41, 5.74) is 4.45. The molecule has 1 saturated heterocycles. The van der Waals surface area contributed by atoms with Crippen molar-refractivity contribution in [3.63, 3.8) is 0 Å². The molecule has 1 aliphatic heterocycles. The number of ether oxygens (including phenoxy) is 1. The summed E-state index contributed by atoms with van der Waals surface area (Å²) in [6.07, 6.45) is 0. The van der Waals surface area contributed by atoms with Crippen molar-refractivity contribution in [1.82, 2.24) is 14.0 Å². The number of carbonyl (C=O) groups is 1. The summed E-state index contributed by atoms with van der Waals surface area (Å²) in [5.74, 6) is -0.466. The number of rotatable bonds is 3. The molecule has 0 saturated carbocycles. The Morgan fingerprint density at radius 3 is 2.62 bits per heavy atom. The van der Waals surface area contributed by atoms with Gasteiger partial charge in [0, 0.05) is 26.7 Å². The van der Waals surface area contributed by atoms with Crippen molar-refractivity contribution in [1.29, 1.82) is 0 Å². The lowest BCUT2D eigenvalue weighted by molar-refractivity contribution is 0.00198. The number of morpholine rings is 1. The van der Waals surface area contributed by atoms with Crippen LogP contribution in [0.2, 0.25) is 0 Å². The van der Waals surface area contributed by atoms with E-state index in [1.54, 1.807) is 0 Å². The molecule has 0 spiro atoms. The van der Waals surface area contributed by atoms with Crippen LogP contribution >= 0.6 is 0 Å². The summed E-state index contributed by atoms with van der Waals surface area (Å²) in [5, 5.41) is 0. The van der Waals surface area contributed by atoms with Crippen molar-refractivity contribution in [3.05, 3.63) is 26.4 Å². The van der Waals surface area contributed by atoms with Crippen molar-refractivity contribution in [3.8, 4) is 0 Å². The van der Waals surface area contributed by atoms with Gasteiger partial charge in [0.05, 0.1) is 19.8 Å². The summed E-state index contributed by atoms with van der Waals surface area (Å²) in [6.45, 7) is 3.77. The van der Waals surface area contributed by atoms with Crippen LogP contribution in [-0.4, -0.2) is 52.2 Å². The van der Waals surface area contributed by atoms with Crippen LogP contribution in [0.25, 0.3) is 0 Å². The number of anilines is 1. The molecule has 0 aliphatic carbocycles. The quantitative estimate of drug-likeness (QED) is 0.687. The Kier molecular flexibility index (Phi) is 4.29. The first-order chi connectivity index (χ1) is 9.84. The average molecular weight is 296 g/mol. The molecule has 1 aliphatic rings. The molecule has 0 bridgehead atoms. The summed E-state index contributed by atoms with van der Waals surface area (Å²) in [4.78, 5) is 38.2. The van der Waals surface area contributed by atoms with Crippen LogP contribution < -0.4 is 17.0 Å². The van der Waals surface area contributed by atoms with Crippen molar-refractivity contribution in [2.24, 2.45) is 14.1 Å². The van der Waals surface area contributed by atoms with Crippen LogP contribution in [0.3, 0.4) is 0 Å². The van der Waals surface area contributed by atoms with E-state index in [9.17, 15) is 14.4 Å². The maximum absolute atomic E-state index is 12.4. The van der Waals surface area contributed by atoms with Crippen molar-refractivity contribution in [2.45, 2.75) is 13.0 Å². The zero-order valence-corrected chi connectivity index (χ0v) is 12.5. The predicted octanol–water partition coefficient (Wildman–Crippen LogP) is -1.43. The Labute approximate surface area is 121 Å². The smallest absolute Gasteiger partial charge is 0.332 e. The minimum atomic E-state index is -0.651. The zero-order chi connectivity index (χ0) is 15.7. The number of hydrogen-bond donors (Lipinski definition) is 1. The van der Waals surface area contributed by atoms with E-state index in [-0.39, 0.29) is 29.8 Å². The van der Waals surface area contributed by atoms with Crippen molar-refractivity contribution in [2.75, 3.05) is 32.0 Å². The van der Waals surface area contributed by atoms with Gasteiger partial charge in [-0.3, -0.25) is 23.6 Å². The van der Waals surface area contributed by atoms with Gasteiger partial charge in [0.25, 0.3) is 5.56 Å². The van der Waals surface area contributed by atoms with Gasteiger partial charge in [-0.15, -0.1) is 0 Å². The highest BCUT2D eigenvalue weighted by atomic mass is 16.5. The van der Waals surface area contributed by atoms with Crippen LogP contribution in [0.15, 0.2) is 9.59 Å². The van der Waals surface area contributed by atoms with E-state index in [2.05, 4.69) is 0 Å². The number of carbonyl (C=O) groups excluding carboxylic acids is 1. The minimum Gasteiger partial charge on any atom is -0.384 e. The zero-order valence-electron chi connectivity index (χ0n) is 12.5. The summed E-state index contributed by atoms with van der Waals surface area (Å²) >= 11 is 0.